The topological polar surface area (TPSA) is 55.6 Å². The summed E-state index contributed by atoms with van der Waals surface area (Å²) in [4.78, 5) is 9.19. The fourth-order valence-electron chi connectivity index (χ4n) is 1.81. The summed E-state index contributed by atoms with van der Waals surface area (Å²) in [6.07, 6.45) is 5.68. The second kappa shape index (κ2) is 6.39. The standard InChI is InChI=1S/C15H22IN5/c1-10(2)14-17-8-13(21-9-11(16)6-19-21)12(20-14)7-18-15(3,4)5/h6,8-10,18H,7H2,1-5H3. The molecule has 0 aromatic carbocycles. The number of halogens is 1. The van der Waals surface area contributed by atoms with Crippen molar-refractivity contribution >= 4 is 22.6 Å². The van der Waals surface area contributed by atoms with Gasteiger partial charge in [0.1, 0.15) is 11.5 Å². The molecule has 2 aromatic rings. The van der Waals surface area contributed by atoms with Crippen LogP contribution in [0.3, 0.4) is 0 Å². The van der Waals surface area contributed by atoms with Gasteiger partial charge in [0.05, 0.1) is 21.7 Å². The first kappa shape index (κ1) is 16.4. The molecule has 0 atom stereocenters. The Morgan fingerprint density at radius 3 is 2.52 bits per heavy atom. The largest absolute Gasteiger partial charge is 0.306 e. The summed E-state index contributed by atoms with van der Waals surface area (Å²) in [5, 5.41) is 7.86. The van der Waals surface area contributed by atoms with Crippen LogP contribution in [0.15, 0.2) is 18.6 Å². The number of hydrogen-bond donors (Lipinski definition) is 1. The Morgan fingerprint density at radius 2 is 2.00 bits per heavy atom. The molecule has 0 aliphatic rings. The van der Waals surface area contributed by atoms with Gasteiger partial charge < -0.3 is 5.32 Å². The predicted molar refractivity (Wildman–Crippen MR) is 92.6 cm³/mol. The Morgan fingerprint density at radius 1 is 1.29 bits per heavy atom. The second-order valence-corrected chi connectivity index (χ2v) is 7.67. The summed E-state index contributed by atoms with van der Waals surface area (Å²) in [6.45, 7) is 11.3. The lowest BCUT2D eigenvalue weighted by Crippen LogP contribution is -2.35. The van der Waals surface area contributed by atoms with Gasteiger partial charge in [-0.2, -0.15) is 5.10 Å². The molecule has 114 valence electrons. The number of nitrogens with one attached hydrogen (secondary N) is 1. The van der Waals surface area contributed by atoms with Crippen LogP contribution < -0.4 is 5.32 Å². The van der Waals surface area contributed by atoms with E-state index in [1.165, 1.54) is 0 Å². The van der Waals surface area contributed by atoms with E-state index < -0.39 is 0 Å². The van der Waals surface area contributed by atoms with Gasteiger partial charge in [-0.3, -0.25) is 0 Å². The normalized spacial score (nSPS) is 12.1. The van der Waals surface area contributed by atoms with E-state index in [0.29, 0.717) is 12.5 Å². The fourth-order valence-corrected chi connectivity index (χ4v) is 2.20. The molecule has 2 rings (SSSR count). The molecular formula is C15H22IN5. The van der Waals surface area contributed by atoms with Crippen molar-refractivity contribution in [1.29, 1.82) is 0 Å². The first-order chi connectivity index (χ1) is 9.76. The van der Waals surface area contributed by atoms with Crippen molar-refractivity contribution in [2.75, 3.05) is 0 Å². The molecule has 0 saturated carbocycles. The summed E-state index contributed by atoms with van der Waals surface area (Å²) in [7, 11) is 0. The lowest BCUT2D eigenvalue weighted by molar-refractivity contribution is 0.419. The zero-order valence-electron chi connectivity index (χ0n) is 13.2. The Bertz CT molecular complexity index is 613. The van der Waals surface area contributed by atoms with Crippen molar-refractivity contribution in [2.24, 2.45) is 0 Å². The van der Waals surface area contributed by atoms with Crippen LogP contribution in [-0.2, 0) is 6.54 Å². The predicted octanol–water partition coefficient (Wildman–Crippen LogP) is 3.28. The van der Waals surface area contributed by atoms with E-state index in [4.69, 9.17) is 4.98 Å². The molecule has 0 unspecified atom stereocenters. The third-order valence-electron chi connectivity index (χ3n) is 2.96. The molecule has 0 bridgehead atoms. The third-order valence-corrected chi connectivity index (χ3v) is 3.52. The zero-order chi connectivity index (χ0) is 15.6. The minimum atomic E-state index is 0.0404. The van der Waals surface area contributed by atoms with Crippen molar-refractivity contribution in [3.63, 3.8) is 0 Å². The molecule has 6 heteroatoms. The highest BCUT2D eigenvalue weighted by molar-refractivity contribution is 14.1. The quantitative estimate of drug-likeness (QED) is 0.802. The maximum atomic E-state index is 4.72. The highest BCUT2D eigenvalue weighted by Crippen LogP contribution is 2.17. The van der Waals surface area contributed by atoms with Crippen LogP contribution >= 0.6 is 22.6 Å². The lowest BCUT2D eigenvalue weighted by atomic mass is 10.1. The van der Waals surface area contributed by atoms with Gasteiger partial charge in [0, 0.05) is 24.2 Å². The summed E-state index contributed by atoms with van der Waals surface area (Å²) >= 11 is 2.25. The number of aromatic nitrogens is 4. The zero-order valence-corrected chi connectivity index (χ0v) is 15.3. The van der Waals surface area contributed by atoms with E-state index in [0.717, 1.165) is 20.8 Å². The number of rotatable bonds is 4. The van der Waals surface area contributed by atoms with Gasteiger partial charge in [-0.05, 0) is 43.4 Å². The smallest absolute Gasteiger partial charge is 0.131 e. The van der Waals surface area contributed by atoms with Crippen LogP contribution in [0, 0.1) is 3.57 Å². The number of hydrogen-bond acceptors (Lipinski definition) is 4. The SMILES string of the molecule is CC(C)c1ncc(-n2cc(I)cn2)c(CNC(C)(C)C)n1. The summed E-state index contributed by atoms with van der Waals surface area (Å²) in [5.74, 6) is 1.18. The molecule has 0 aliphatic carbocycles. The molecule has 0 spiro atoms. The Hall–Kier alpha value is -1.02. The van der Waals surface area contributed by atoms with E-state index >= 15 is 0 Å². The first-order valence-electron chi connectivity index (χ1n) is 7.07. The van der Waals surface area contributed by atoms with Crippen molar-refractivity contribution in [3.8, 4) is 5.69 Å². The molecule has 0 aliphatic heterocycles. The van der Waals surface area contributed by atoms with Crippen LogP contribution in [0.25, 0.3) is 5.69 Å². The first-order valence-corrected chi connectivity index (χ1v) is 8.15. The third kappa shape index (κ3) is 4.47. The molecule has 1 N–H and O–H groups in total. The molecule has 0 saturated heterocycles. The van der Waals surface area contributed by atoms with Crippen LogP contribution in [-0.4, -0.2) is 25.3 Å². The summed E-state index contributed by atoms with van der Waals surface area (Å²) < 4.78 is 2.93. The van der Waals surface area contributed by atoms with Crippen molar-refractivity contribution in [2.45, 2.75) is 52.6 Å². The Balaban J connectivity index is 2.39. The van der Waals surface area contributed by atoms with Gasteiger partial charge in [0.15, 0.2) is 0 Å². The van der Waals surface area contributed by atoms with Gasteiger partial charge in [-0.1, -0.05) is 13.8 Å². The van der Waals surface area contributed by atoms with Crippen LogP contribution in [0.4, 0.5) is 0 Å². The molecule has 2 aromatic heterocycles. The van der Waals surface area contributed by atoms with E-state index in [-0.39, 0.29) is 5.54 Å². The van der Waals surface area contributed by atoms with Gasteiger partial charge in [-0.25, -0.2) is 14.6 Å². The minimum Gasteiger partial charge on any atom is -0.306 e. The van der Waals surface area contributed by atoms with Crippen LogP contribution in [0.5, 0.6) is 0 Å². The molecule has 0 fully saturated rings. The molecule has 0 amide bonds. The average molecular weight is 399 g/mol. The molecular weight excluding hydrogens is 377 g/mol. The highest BCUT2D eigenvalue weighted by atomic mass is 127. The lowest BCUT2D eigenvalue weighted by Gasteiger charge is -2.21. The van der Waals surface area contributed by atoms with Gasteiger partial charge in [0.25, 0.3) is 0 Å². The molecule has 0 radical (unpaired) electrons. The minimum absolute atomic E-state index is 0.0404. The van der Waals surface area contributed by atoms with Crippen molar-refractivity contribution in [3.05, 3.63) is 33.7 Å². The monoisotopic (exact) mass is 399 g/mol. The van der Waals surface area contributed by atoms with Crippen molar-refractivity contribution < 1.29 is 0 Å². The van der Waals surface area contributed by atoms with Gasteiger partial charge >= 0.3 is 0 Å². The van der Waals surface area contributed by atoms with Crippen molar-refractivity contribution in [1.82, 2.24) is 25.1 Å². The van der Waals surface area contributed by atoms with E-state index in [9.17, 15) is 0 Å². The summed E-state index contributed by atoms with van der Waals surface area (Å²) in [6, 6.07) is 0. The molecule has 5 nitrogen and oxygen atoms in total. The number of nitrogens with zero attached hydrogens (tertiary/aromatic N) is 4. The van der Waals surface area contributed by atoms with E-state index in [2.05, 4.69) is 72.6 Å². The maximum Gasteiger partial charge on any atom is 0.131 e. The van der Waals surface area contributed by atoms with E-state index in [1.54, 1.807) is 0 Å². The highest BCUT2D eigenvalue weighted by Gasteiger charge is 2.15. The Labute approximate surface area is 139 Å². The second-order valence-electron chi connectivity index (χ2n) is 6.42. The van der Waals surface area contributed by atoms with Crippen LogP contribution in [0.1, 0.15) is 52.1 Å². The van der Waals surface area contributed by atoms with Gasteiger partial charge in [0.2, 0.25) is 0 Å². The fraction of sp³-hybridized carbons (Fsp3) is 0.533. The summed E-state index contributed by atoms with van der Waals surface area (Å²) in [5.41, 5.74) is 1.95. The maximum absolute atomic E-state index is 4.72. The van der Waals surface area contributed by atoms with Crippen LogP contribution in [0.2, 0.25) is 0 Å². The Kier molecular flexibility index (Phi) is 4.98. The van der Waals surface area contributed by atoms with Gasteiger partial charge in [-0.15, -0.1) is 0 Å². The van der Waals surface area contributed by atoms with E-state index in [1.807, 2.05) is 23.3 Å². The average Bonchev–Trinajstić information content (AvgIpc) is 2.81. The molecule has 2 heterocycles. The molecule has 21 heavy (non-hydrogen) atoms.